The highest BCUT2D eigenvalue weighted by Crippen LogP contribution is 2.35. The second-order valence-corrected chi connectivity index (χ2v) is 5.06. The number of rotatable bonds is 3. The molecule has 0 spiro atoms. The van der Waals surface area contributed by atoms with Crippen LogP contribution in [0.25, 0.3) is 5.69 Å². The summed E-state index contributed by atoms with van der Waals surface area (Å²) < 4.78 is 39.6. The Morgan fingerprint density at radius 2 is 2.05 bits per heavy atom. The molecule has 3 nitrogen and oxygen atoms in total. The van der Waals surface area contributed by atoms with Crippen LogP contribution in [0.4, 0.5) is 13.2 Å². The Kier molecular flexibility index (Phi) is 4.25. The van der Waals surface area contributed by atoms with E-state index >= 15 is 0 Å². The second-order valence-electron chi connectivity index (χ2n) is 4.13. The molecule has 2 rings (SSSR count). The molecule has 20 heavy (non-hydrogen) atoms. The Bertz CT molecular complexity index is 610. The van der Waals surface area contributed by atoms with E-state index in [4.69, 9.17) is 23.2 Å². The van der Waals surface area contributed by atoms with Gasteiger partial charge in [-0.25, -0.2) is 4.68 Å². The van der Waals surface area contributed by atoms with Gasteiger partial charge in [0.05, 0.1) is 27.8 Å². The Balaban J connectivity index is 2.41. The smallest absolute Gasteiger partial charge is 0.220 e. The van der Waals surface area contributed by atoms with E-state index < -0.39 is 11.7 Å². The maximum Gasteiger partial charge on any atom is 0.417 e. The predicted octanol–water partition coefficient (Wildman–Crippen LogP) is 4.63. The molecule has 108 valence electrons. The molecular weight excluding hydrogens is 314 g/mol. The van der Waals surface area contributed by atoms with Gasteiger partial charge < -0.3 is 0 Å². The molecule has 0 amide bonds. The molecule has 1 unspecified atom stereocenters. The third-order valence-corrected chi connectivity index (χ3v) is 3.57. The maximum absolute atomic E-state index is 12.8. The molecule has 1 aromatic heterocycles. The van der Waals surface area contributed by atoms with Crippen molar-refractivity contribution in [2.24, 2.45) is 0 Å². The fourth-order valence-electron chi connectivity index (χ4n) is 1.63. The van der Waals surface area contributed by atoms with Crippen LogP contribution in [-0.2, 0) is 6.18 Å². The molecule has 0 aliphatic carbocycles. The minimum absolute atomic E-state index is 0.223. The van der Waals surface area contributed by atoms with Crippen LogP contribution < -0.4 is 0 Å². The van der Waals surface area contributed by atoms with Crippen molar-refractivity contribution in [1.29, 1.82) is 0 Å². The topological polar surface area (TPSA) is 30.7 Å². The first-order valence-corrected chi connectivity index (χ1v) is 6.57. The SMILES string of the molecule is CCC(Cl)c1cn(-c2ccc(Cl)c(C(F)(F)F)c2)nn1. The van der Waals surface area contributed by atoms with Gasteiger partial charge in [-0.05, 0) is 24.6 Å². The quantitative estimate of drug-likeness (QED) is 0.771. The van der Waals surface area contributed by atoms with E-state index in [1.165, 1.54) is 23.0 Å². The molecule has 8 heteroatoms. The van der Waals surface area contributed by atoms with Crippen LogP contribution in [0.2, 0.25) is 5.02 Å². The van der Waals surface area contributed by atoms with E-state index in [1.54, 1.807) is 0 Å². The summed E-state index contributed by atoms with van der Waals surface area (Å²) in [5.41, 5.74) is -0.176. The van der Waals surface area contributed by atoms with E-state index in [-0.39, 0.29) is 16.1 Å². The second kappa shape index (κ2) is 5.61. The fraction of sp³-hybridized carbons (Fsp3) is 0.333. The lowest BCUT2D eigenvalue weighted by Crippen LogP contribution is -2.07. The molecule has 0 radical (unpaired) electrons. The number of hydrogen-bond donors (Lipinski definition) is 0. The third kappa shape index (κ3) is 3.07. The van der Waals surface area contributed by atoms with Crippen molar-refractivity contribution in [1.82, 2.24) is 15.0 Å². The summed E-state index contributed by atoms with van der Waals surface area (Å²) >= 11 is 11.6. The van der Waals surface area contributed by atoms with Crippen LogP contribution >= 0.6 is 23.2 Å². The summed E-state index contributed by atoms with van der Waals surface area (Å²) in [5.74, 6) is 0. The molecule has 0 aliphatic rings. The van der Waals surface area contributed by atoms with E-state index in [0.29, 0.717) is 12.1 Å². The van der Waals surface area contributed by atoms with Crippen molar-refractivity contribution < 1.29 is 13.2 Å². The zero-order valence-corrected chi connectivity index (χ0v) is 11.8. The van der Waals surface area contributed by atoms with Gasteiger partial charge in [-0.3, -0.25) is 0 Å². The van der Waals surface area contributed by atoms with Crippen LogP contribution in [-0.4, -0.2) is 15.0 Å². The number of halogens is 5. The fourth-order valence-corrected chi connectivity index (χ4v) is 1.95. The van der Waals surface area contributed by atoms with Crippen molar-refractivity contribution in [2.45, 2.75) is 24.9 Å². The van der Waals surface area contributed by atoms with E-state index in [9.17, 15) is 13.2 Å². The first-order chi connectivity index (χ1) is 9.32. The van der Waals surface area contributed by atoms with Gasteiger partial charge in [-0.1, -0.05) is 23.7 Å². The third-order valence-electron chi connectivity index (χ3n) is 2.71. The first-order valence-electron chi connectivity index (χ1n) is 5.76. The first kappa shape index (κ1) is 15.1. The normalized spacial score (nSPS) is 13.5. The van der Waals surface area contributed by atoms with E-state index in [1.807, 2.05) is 6.92 Å². The average molecular weight is 324 g/mol. The van der Waals surface area contributed by atoms with Crippen molar-refractivity contribution in [2.75, 3.05) is 0 Å². The highest BCUT2D eigenvalue weighted by atomic mass is 35.5. The van der Waals surface area contributed by atoms with Crippen LogP contribution in [0.1, 0.15) is 30.0 Å². The van der Waals surface area contributed by atoms with Crippen LogP contribution in [0, 0.1) is 0 Å². The summed E-state index contributed by atoms with van der Waals surface area (Å²) in [4.78, 5) is 0. The van der Waals surface area contributed by atoms with Crippen molar-refractivity contribution in [3.63, 3.8) is 0 Å². The number of alkyl halides is 4. The number of hydrogen-bond acceptors (Lipinski definition) is 2. The summed E-state index contributed by atoms with van der Waals surface area (Å²) in [5, 5.41) is 6.95. The number of benzene rings is 1. The Hall–Kier alpha value is -1.27. The zero-order valence-electron chi connectivity index (χ0n) is 10.3. The van der Waals surface area contributed by atoms with Crippen LogP contribution in [0.3, 0.4) is 0 Å². The summed E-state index contributed by atoms with van der Waals surface area (Å²) in [6, 6.07) is 3.54. The highest BCUT2D eigenvalue weighted by molar-refractivity contribution is 6.31. The molecule has 0 N–H and O–H groups in total. The maximum atomic E-state index is 12.8. The molecule has 0 bridgehead atoms. The van der Waals surface area contributed by atoms with E-state index in [0.717, 1.165) is 6.07 Å². The summed E-state index contributed by atoms with van der Waals surface area (Å²) in [6.07, 6.45) is -2.37. The van der Waals surface area contributed by atoms with Gasteiger partial charge in [-0.15, -0.1) is 16.7 Å². The van der Waals surface area contributed by atoms with Gasteiger partial charge in [0.1, 0.15) is 5.69 Å². The lowest BCUT2D eigenvalue weighted by atomic mass is 10.2. The van der Waals surface area contributed by atoms with Crippen LogP contribution in [0.15, 0.2) is 24.4 Å². The Labute approximate surface area is 123 Å². The molecule has 1 atom stereocenters. The van der Waals surface area contributed by atoms with Gasteiger partial charge in [0.15, 0.2) is 0 Å². The molecule has 0 saturated heterocycles. The monoisotopic (exact) mass is 323 g/mol. The minimum Gasteiger partial charge on any atom is -0.220 e. The molecule has 0 saturated carbocycles. The van der Waals surface area contributed by atoms with Gasteiger partial charge in [-0.2, -0.15) is 13.2 Å². The predicted molar refractivity (Wildman–Crippen MR) is 70.3 cm³/mol. The van der Waals surface area contributed by atoms with E-state index in [2.05, 4.69) is 10.3 Å². The molecule has 0 aliphatic heterocycles. The molecule has 1 aromatic carbocycles. The van der Waals surface area contributed by atoms with Crippen molar-refractivity contribution in [3.8, 4) is 5.69 Å². The summed E-state index contributed by atoms with van der Waals surface area (Å²) in [6.45, 7) is 1.88. The van der Waals surface area contributed by atoms with Gasteiger partial charge in [0, 0.05) is 0 Å². The van der Waals surface area contributed by atoms with Gasteiger partial charge in [0.25, 0.3) is 0 Å². The molecule has 2 aromatic rings. The molecule has 1 heterocycles. The van der Waals surface area contributed by atoms with Gasteiger partial charge >= 0.3 is 6.18 Å². The lowest BCUT2D eigenvalue weighted by Gasteiger charge is -2.10. The van der Waals surface area contributed by atoms with Crippen molar-refractivity contribution >= 4 is 23.2 Å². The van der Waals surface area contributed by atoms with Crippen molar-refractivity contribution in [3.05, 3.63) is 40.7 Å². The zero-order chi connectivity index (χ0) is 14.9. The highest BCUT2D eigenvalue weighted by Gasteiger charge is 2.33. The Morgan fingerprint density at radius 1 is 1.35 bits per heavy atom. The number of nitrogens with zero attached hydrogens (tertiary/aromatic N) is 3. The number of aromatic nitrogens is 3. The average Bonchev–Trinajstić information content (AvgIpc) is 2.86. The lowest BCUT2D eigenvalue weighted by molar-refractivity contribution is -0.137. The Morgan fingerprint density at radius 3 is 2.65 bits per heavy atom. The van der Waals surface area contributed by atoms with Gasteiger partial charge in [0.2, 0.25) is 0 Å². The minimum atomic E-state index is -4.52. The van der Waals surface area contributed by atoms with Crippen LogP contribution in [0.5, 0.6) is 0 Å². The molecule has 0 fully saturated rings. The largest absolute Gasteiger partial charge is 0.417 e. The molecular formula is C12H10Cl2F3N3. The standard InChI is InChI=1S/C12H10Cl2F3N3/c1-2-9(13)11-6-20(19-18-11)7-3-4-10(14)8(5-7)12(15,16)17/h3-6,9H,2H2,1H3. The summed E-state index contributed by atoms with van der Waals surface area (Å²) in [7, 11) is 0.